The minimum Gasteiger partial charge on any atom is -0.340 e. The molecule has 3 rings (SSSR count). The monoisotopic (exact) mass is 375 g/mol. The van der Waals surface area contributed by atoms with Gasteiger partial charge in [-0.15, -0.1) is 0 Å². The first-order valence-corrected chi connectivity index (χ1v) is 10.6. The summed E-state index contributed by atoms with van der Waals surface area (Å²) in [5.41, 5.74) is 0. The molecule has 2 aliphatic heterocycles. The molecular weight excluding hydrogens is 340 g/mol. The summed E-state index contributed by atoms with van der Waals surface area (Å²) >= 11 is 0. The topological polar surface area (TPSA) is 49.4 Å². The molecule has 3 atom stereocenters. The molecule has 3 unspecified atom stereocenters. The van der Waals surface area contributed by atoms with Crippen molar-refractivity contribution in [1.29, 1.82) is 0 Å². The Labute approximate surface area is 163 Å². The average molecular weight is 376 g/mol. The van der Waals surface area contributed by atoms with Gasteiger partial charge in [0.25, 0.3) is 0 Å². The third-order valence-corrected chi connectivity index (χ3v) is 6.22. The molecule has 0 aliphatic carbocycles. The molecule has 1 aromatic heterocycles. The van der Waals surface area contributed by atoms with E-state index in [0.717, 1.165) is 51.6 Å². The Balaban J connectivity index is 1.71. The van der Waals surface area contributed by atoms with Crippen LogP contribution < -0.4 is 4.57 Å². The number of carbonyl (C=O) groups is 2. The lowest BCUT2D eigenvalue weighted by Crippen LogP contribution is -2.45. The standard InChI is InChI=1S/C21H35N4O2/c1-17(23-13-12-22(3)16-23)14-19(25-11-7-9-21(25)27)15-18(2)24-10-6-4-5-8-20(24)26/h12-13,16-19H,4-11,14-15H2,1-3H3/q+1. The molecule has 0 bridgehead atoms. The highest BCUT2D eigenvalue weighted by atomic mass is 16.2. The third kappa shape index (κ3) is 4.90. The number of hydrogen-bond acceptors (Lipinski definition) is 2. The van der Waals surface area contributed by atoms with E-state index in [1.54, 1.807) is 0 Å². The van der Waals surface area contributed by atoms with E-state index in [1.807, 2.05) is 17.8 Å². The van der Waals surface area contributed by atoms with Crippen molar-refractivity contribution in [2.45, 2.75) is 83.3 Å². The van der Waals surface area contributed by atoms with Crippen molar-refractivity contribution in [3.8, 4) is 0 Å². The van der Waals surface area contributed by atoms with Crippen LogP contribution in [0, 0.1) is 0 Å². The molecule has 0 aromatic carbocycles. The van der Waals surface area contributed by atoms with E-state index < -0.39 is 0 Å². The van der Waals surface area contributed by atoms with Gasteiger partial charge in [0.1, 0.15) is 12.4 Å². The Morgan fingerprint density at radius 2 is 1.59 bits per heavy atom. The molecule has 6 heteroatoms. The Kier molecular flexibility index (Phi) is 6.55. The summed E-state index contributed by atoms with van der Waals surface area (Å²) in [6.45, 7) is 6.10. The van der Waals surface area contributed by atoms with Crippen LogP contribution in [0.3, 0.4) is 0 Å². The van der Waals surface area contributed by atoms with Crippen molar-refractivity contribution in [3.05, 3.63) is 18.7 Å². The number of amides is 2. The molecule has 1 aromatic rings. The van der Waals surface area contributed by atoms with Gasteiger partial charge in [-0.3, -0.25) is 9.59 Å². The molecule has 27 heavy (non-hydrogen) atoms. The van der Waals surface area contributed by atoms with E-state index in [0.29, 0.717) is 18.9 Å². The number of likely N-dealkylation sites (tertiary alicyclic amines) is 2. The highest BCUT2D eigenvalue weighted by Crippen LogP contribution is 2.27. The number of hydrogen-bond donors (Lipinski definition) is 0. The fourth-order valence-corrected chi connectivity index (χ4v) is 4.64. The molecule has 150 valence electrons. The van der Waals surface area contributed by atoms with E-state index in [2.05, 4.69) is 40.7 Å². The van der Waals surface area contributed by atoms with Gasteiger partial charge in [-0.05, 0) is 39.5 Å². The number of aromatic nitrogens is 2. The summed E-state index contributed by atoms with van der Waals surface area (Å²) in [6, 6.07) is 0.687. The zero-order valence-electron chi connectivity index (χ0n) is 17.1. The number of rotatable bonds is 7. The van der Waals surface area contributed by atoms with Crippen molar-refractivity contribution in [3.63, 3.8) is 0 Å². The van der Waals surface area contributed by atoms with Crippen LogP contribution in [-0.2, 0) is 16.6 Å². The predicted molar refractivity (Wildman–Crippen MR) is 104 cm³/mol. The Hall–Kier alpha value is -1.85. The first-order chi connectivity index (χ1) is 13.0. The van der Waals surface area contributed by atoms with Crippen LogP contribution in [0.25, 0.3) is 0 Å². The van der Waals surface area contributed by atoms with E-state index in [9.17, 15) is 9.59 Å². The summed E-state index contributed by atoms with van der Waals surface area (Å²) in [6.07, 6.45) is 13.6. The van der Waals surface area contributed by atoms with Crippen LogP contribution in [0.2, 0.25) is 0 Å². The van der Waals surface area contributed by atoms with Gasteiger partial charge < -0.3 is 9.80 Å². The maximum absolute atomic E-state index is 12.5. The Morgan fingerprint density at radius 3 is 2.26 bits per heavy atom. The quantitative estimate of drug-likeness (QED) is 0.687. The van der Waals surface area contributed by atoms with E-state index >= 15 is 0 Å². The Bertz CT molecular complexity index is 656. The zero-order valence-corrected chi connectivity index (χ0v) is 17.1. The van der Waals surface area contributed by atoms with Crippen molar-refractivity contribution < 1.29 is 14.2 Å². The summed E-state index contributed by atoms with van der Waals surface area (Å²) in [5.74, 6) is 0.566. The van der Waals surface area contributed by atoms with Crippen LogP contribution in [0.15, 0.2) is 18.7 Å². The summed E-state index contributed by atoms with van der Waals surface area (Å²) in [7, 11) is 2.03. The molecule has 0 spiro atoms. The molecule has 2 saturated heterocycles. The van der Waals surface area contributed by atoms with Gasteiger partial charge in [-0.25, -0.2) is 9.13 Å². The van der Waals surface area contributed by atoms with Crippen molar-refractivity contribution in [2.75, 3.05) is 13.1 Å². The molecule has 0 saturated carbocycles. The van der Waals surface area contributed by atoms with Crippen LogP contribution in [0.4, 0.5) is 0 Å². The fraction of sp³-hybridized carbons (Fsp3) is 0.762. The lowest BCUT2D eigenvalue weighted by molar-refractivity contribution is -0.671. The zero-order chi connectivity index (χ0) is 19.4. The van der Waals surface area contributed by atoms with Gasteiger partial charge in [0, 0.05) is 44.4 Å². The summed E-state index contributed by atoms with van der Waals surface area (Å²) in [4.78, 5) is 29.1. The number of carbonyl (C=O) groups excluding carboxylic acids is 2. The van der Waals surface area contributed by atoms with Gasteiger partial charge in [-0.1, -0.05) is 6.42 Å². The third-order valence-electron chi connectivity index (χ3n) is 6.22. The number of nitrogens with zero attached hydrogens (tertiary/aromatic N) is 4. The average Bonchev–Trinajstić information content (AvgIpc) is 3.19. The Morgan fingerprint density at radius 1 is 0.926 bits per heavy atom. The fourth-order valence-electron chi connectivity index (χ4n) is 4.64. The minimum atomic E-state index is 0.182. The van der Waals surface area contributed by atoms with Crippen molar-refractivity contribution in [1.82, 2.24) is 14.4 Å². The van der Waals surface area contributed by atoms with Gasteiger partial charge >= 0.3 is 0 Å². The van der Waals surface area contributed by atoms with Crippen LogP contribution in [0.1, 0.15) is 71.3 Å². The maximum atomic E-state index is 12.5. The molecule has 0 radical (unpaired) electrons. The second kappa shape index (κ2) is 8.89. The largest absolute Gasteiger partial charge is 0.340 e. The highest BCUT2D eigenvalue weighted by Gasteiger charge is 2.33. The first kappa shape index (κ1) is 19.9. The van der Waals surface area contributed by atoms with E-state index in [1.165, 1.54) is 0 Å². The highest BCUT2D eigenvalue weighted by molar-refractivity contribution is 5.78. The smallest absolute Gasteiger partial charge is 0.243 e. The van der Waals surface area contributed by atoms with Crippen LogP contribution >= 0.6 is 0 Å². The molecular formula is C21H35N4O2+. The van der Waals surface area contributed by atoms with Crippen LogP contribution in [0.5, 0.6) is 0 Å². The van der Waals surface area contributed by atoms with Crippen LogP contribution in [-0.4, -0.2) is 51.4 Å². The van der Waals surface area contributed by atoms with E-state index in [4.69, 9.17) is 0 Å². The lowest BCUT2D eigenvalue weighted by Gasteiger charge is -2.35. The second-order valence-electron chi connectivity index (χ2n) is 8.44. The van der Waals surface area contributed by atoms with Gasteiger partial charge in [0.2, 0.25) is 18.1 Å². The summed E-state index contributed by atoms with van der Waals surface area (Å²) in [5, 5.41) is 0. The first-order valence-electron chi connectivity index (χ1n) is 10.6. The minimum absolute atomic E-state index is 0.182. The predicted octanol–water partition coefficient (Wildman–Crippen LogP) is 2.44. The second-order valence-corrected chi connectivity index (χ2v) is 8.44. The molecule has 2 amide bonds. The SMILES string of the molecule is CC(CC(CC(C)n1cc[n+](C)c1)N1CCCC1=O)N1CCCCCC1=O. The lowest BCUT2D eigenvalue weighted by atomic mass is 9.98. The van der Waals surface area contributed by atoms with Gasteiger partial charge in [0.05, 0.1) is 13.1 Å². The van der Waals surface area contributed by atoms with Gasteiger partial charge in [0.15, 0.2) is 0 Å². The molecule has 6 nitrogen and oxygen atoms in total. The normalized spacial score (nSPS) is 22.0. The van der Waals surface area contributed by atoms with Crippen molar-refractivity contribution >= 4 is 11.8 Å². The number of aryl methyl sites for hydroxylation is 1. The molecule has 3 heterocycles. The van der Waals surface area contributed by atoms with Crippen molar-refractivity contribution in [2.24, 2.45) is 7.05 Å². The maximum Gasteiger partial charge on any atom is 0.243 e. The summed E-state index contributed by atoms with van der Waals surface area (Å²) < 4.78 is 4.26. The molecule has 0 N–H and O–H groups in total. The van der Waals surface area contributed by atoms with E-state index in [-0.39, 0.29) is 23.9 Å². The molecule has 2 aliphatic rings. The van der Waals surface area contributed by atoms with Gasteiger partial charge in [-0.2, -0.15) is 0 Å². The molecule has 2 fully saturated rings. The number of imidazole rings is 1.